The van der Waals surface area contributed by atoms with E-state index in [0.717, 1.165) is 18.3 Å². The molecule has 0 amide bonds. The number of aromatic nitrogens is 1. The lowest BCUT2D eigenvalue weighted by Gasteiger charge is -2.22. The van der Waals surface area contributed by atoms with Crippen molar-refractivity contribution in [2.75, 3.05) is 11.9 Å². The van der Waals surface area contributed by atoms with Crippen molar-refractivity contribution in [3.8, 4) is 0 Å². The van der Waals surface area contributed by atoms with Gasteiger partial charge in [-0.2, -0.15) is 13.2 Å². The molecule has 0 aliphatic heterocycles. The lowest BCUT2D eigenvalue weighted by molar-refractivity contribution is -0.137. The number of hydrogen-bond acceptors (Lipinski definition) is 3. The Bertz CT molecular complexity index is 413. The molecule has 1 aromatic rings. The van der Waals surface area contributed by atoms with E-state index in [9.17, 15) is 18.3 Å². The van der Waals surface area contributed by atoms with Crippen LogP contribution in [-0.4, -0.2) is 22.7 Å². The summed E-state index contributed by atoms with van der Waals surface area (Å²) < 4.78 is 37.5. The zero-order valence-corrected chi connectivity index (χ0v) is 11.3. The van der Waals surface area contributed by atoms with Gasteiger partial charge in [0.05, 0.1) is 11.7 Å². The molecule has 1 aromatic heterocycles. The molecule has 1 rings (SSSR count). The van der Waals surface area contributed by atoms with Crippen LogP contribution < -0.4 is 5.32 Å². The summed E-state index contributed by atoms with van der Waals surface area (Å²) in [5.41, 5.74) is -0.794. The number of nitrogens with zero attached hydrogens (tertiary/aromatic N) is 1. The van der Waals surface area contributed by atoms with Gasteiger partial charge in [-0.15, -0.1) is 0 Å². The van der Waals surface area contributed by atoms with Crippen molar-refractivity contribution in [2.45, 2.75) is 39.5 Å². The summed E-state index contributed by atoms with van der Waals surface area (Å²) in [6.07, 6.45) is -3.36. The molecule has 19 heavy (non-hydrogen) atoms. The third-order valence-corrected chi connectivity index (χ3v) is 2.45. The number of anilines is 1. The maximum absolute atomic E-state index is 12.5. The second kappa shape index (κ2) is 5.77. The van der Waals surface area contributed by atoms with Gasteiger partial charge in [0, 0.05) is 12.7 Å². The fraction of sp³-hybridized carbons (Fsp3) is 0.615. The largest absolute Gasteiger partial charge is 0.416 e. The predicted octanol–water partition coefficient (Wildman–Crippen LogP) is 3.31. The van der Waals surface area contributed by atoms with E-state index < -0.39 is 17.8 Å². The summed E-state index contributed by atoms with van der Waals surface area (Å²) in [7, 11) is 0. The highest BCUT2D eigenvalue weighted by molar-refractivity contribution is 5.38. The van der Waals surface area contributed by atoms with Crippen LogP contribution in [0.25, 0.3) is 0 Å². The molecule has 2 N–H and O–H groups in total. The third kappa shape index (κ3) is 5.92. The summed E-state index contributed by atoms with van der Waals surface area (Å²) in [4.78, 5) is 3.80. The van der Waals surface area contributed by atoms with E-state index in [1.807, 2.05) is 20.8 Å². The molecule has 0 saturated heterocycles. The Morgan fingerprint density at radius 1 is 1.32 bits per heavy atom. The van der Waals surface area contributed by atoms with Crippen molar-refractivity contribution in [2.24, 2.45) is 5.41 Å². The van der Waals surface area contributed by atoms with E-state index in [2.05, 4.69) is 10.3 Å². The number of aliphatic hydroxyl groups excluding tert-OH is 1. The van der Waals surface area contributed by atoms with Crippen LogP contribution in [0.15, 0.2) is 18.3 Å². The number of halogens is 3. The summed E-state index contributed by atoms with van der Waals surface area (Å²) in [6.45, 7) is 6.13. The summed E-state index contributed by atoms with van der Waals surface area (Å²) in [5.74, 6) is 0.114. The van der Waals surface area contributed by atoms with Crippen molar-refractivity contribution < 1.29 is 18.3 Å². The predicted molar refractivity (Wildman–Crippen MR) is 67.8 cm³/mol. The normalized spacial score (nSPS) is 14.3. The van der Waals surface area contributed by atoms with Crippen molar-refractivity contribution >= 4 is 5.82 Å². The molecule has 108 valence electrons. The molecule has 1 heterocycles. The van der Waals surface area contributed by atoms with Crippen LogP contribution in [-0.2, 0) is 6.18 Å². The number of rotatable bonds is 4. The molecular weight excluding hydrogens is 257 g/mol. The maximum Gasteiger partial charge on any atom is 0.416 e. The van der Waals surface area contributed by atoms with Gasteiger partial charge in [-0.3, -0.25) is 0 Å². The van der Waals surface area contributed by atoms with Crippen molar-refractivity contribution in [3.63, 3.8) is 0 Å². The Labute approximate surface area is 110 Å². The Morgan fingerprint density at radius 3 is 2.47 bits per heavy atom. The minimum Gasteiger partial charge on any atom is -0.391 e. The van der Waals surface area contributed by atoms with Crippen LogP contribution >= 0.6 is 0 Å². The monoisotopic (exact) mass is 276 g/mol. The third-order valence-electron chi connectivity index (χ3n) is 2.45. The molecule has 6 heteroatoms. The molecular formula is C13H19F3N2O. The van der Waals surface area contributed by atoms with Gasteiger partial charge in [0.1, 0.15) is 5.82 Å². The topological polar surface area (TPSA) is 45.1 Å². The first kappa shape index (κ1) is 15.8. The van der Waals surface area contributed by atoms with Gasteiger partial charge in [-0.1, -0.05) is 20.8 Å². The van der Waals surface area contributed by atoms with Gasteiger partial charge >= 0.3 is 6.18 Å². The molecule has 0 spiro atoms. The highest BCUT2D eigenvalue weighted by Crippen LogP contribution is 2.30. The molecule has 0 radical (unpaired) electrons. The molecule has 0 fully saturated rings. The quantitative estimate of drug-likeness (QED) is 0.886. The molecule has 0 saturated carbocycles. The molecule has 0 aliphatic rings. The average molecular weight is 276 g/mol. The summed E-state index contributed by atoms with van der Waals surface area (Å²) in [5, 5.41) is 12.5. The number of aliphatic hydroxyl groups is 1. The molecule has 0 bridgehead atoms. The molecule has 1 unspecified atom stereocenters. The zero-order chi connectivity index (χ0) is 14.7. The summed E-state index contributed by atoms with van der Waals surface area (Å²) in [6, 6.07) is 1.85. The van der Waals surface area contributed by atoms with E-state index in [0.29, 0.717) is 6.42 Å². The summed E-state index contributed by atoms with van der Waals surface area (Å²) >= 11 is 0. The van der Waals surface area contributed by atoms with Crippen LogP contribution in [0, 0.1) is 5.41 Å². The minimum atomic E-state index is -4.39. The van der Waals surface area contributed by atoms with Crippen LogP contribution in [0.5, 0.6) is 0 Å². The maximum atomic E-state index is 12.5. The lowest BCUT2D eigenvalue weighted by Crippen LogP contribution is -2.25. The van der Waals surface area contributed by atoms with E-state index in [-0.39, 0.29) is 17.8 Å². The first-order valence-corrected chi connectivity index (χ1v) is 6.03. The second-order valence-corrected chi connectivity index (χ2v) is 5.73. The average Bonchev–Trinajstić information content (AvgIpc) is 2.23. The van der Waals surface area contributed by atoms with Crippen LogP contribution in [0.2, 0.25) is 0 Å². The van der Waals surface area contributed by atoms with Crippen molar-refractivity contribution in [1.82, 2.24) is 4.98 Å². The van der Waals surface area contributed by atoms with E-state index in [1.54, 1.807) is 0 Å². The van der Waals surface area contributed by atoms with Crippen LogP contribution in [0.1, 0.15) is 32.8 Å². The Kier molecular flexibility index (Phi) is 4.79. The fourth-order valence-electron chi connectivity index (χ4n) is 1.70. The van der Waals surface area contributed by atoms with E-state index >= 15 is 0 Å². The van der Waals surface area contributed by atoms with Gasteiger partial charge in [0.2, 0.25) is 0 Å². The number of alkyl halides is 3. The Hall–Kier alpha value is -1.30. The van der Waals surface area contributed by atoms with Gasteiger partial charge in [0.25, 0.3) is 0 Å². The van der Waals surface area contributed by atoms with Gasteiger partial charge in [0.15, 0.2) is 0 Å². The van der Waals surface area contributed by atoms with Crippen LogP contribution in [0.4, 0.5) is 19.0 Å². The first-order chi connectivity index (χ1) is 8.58. The number of nitrogens with one attached hydrogen (secondary N) is 1. The van der Waals surface area contributed by atoms with Gasteiger partial charge < -0.3 is 10.4 Å². The Balaban J connectivity index is 2.59. The zero-order valence-electron chi connectivity index (χ0n) is 11.3. The highest BCUT2D eigenvalue weighted by atomic mass is 19.4. The first-order valence-electron chi connectivity index (χ1n) is 6.03. The fourth-order valence-corrected chi connectivity index (χ4v) is 1.70. The minimum absolute atomic E-state index is 0.0393. The molecule has 1 atom stereocenters. The van der Waals surface area contributed by atoms with Crippen molar-refractivity contribution in [1.29, 1.82) is 0 Å². The lowest BCUT2D eigenvalue weighted by atomic mass is 9.89. The van der Waals surface area contributed by atoms with Crippen molar-refractivity contribution in [3.05, 3.63) is 23.9 Å². The van der Waals surface area contributed by atoms with Crippen LogP contribution in [0.3, 0.4) is 0 Å². The number of hydrogen-bond donors (Lipinski definition) is 2. The van der Waals surface area contributed by atoms with E-state index in [1.165, 1.54) is 0 Å². The van der Waals surface area contributed by atoms with E-state index in [4.69, 9.17) is 0 Å². The molecule has 3 nitrogen and oxygen atoms in total. The smallest absolute Gasteiger partial charge is 0.391 e. The SMILES string of the molecule is CC(C)(C)CC(O)CNc1cc(C(F)(F)F)ccn1. The standard InChI is InChI=1S/C13H19F3N2O/c1-12(2,3)7-10(19)8-18-11-6-9(4-5-17-11)13(14,15)16/h4-6,10,19H,7-8H2,1-3H3,(H,17,18). The van der Waals surface area contributed by atoms with Gasteiger partial charge in [-0.05, 0) is 24.0 Å². The molecule has 0 aromatic carbocycles. The Morgan fingerprint density at radius 2 is 1.95 bits per heavy atom. The number of pyridine rings is 1. The second-order valence-electron chi connectivity index (χ2n) is 5.73. The highest BCUT2D eigenvalue weighted by Gasteiger charge is 2.30. The molecule has 0 aliphatic carbocycles. The van der Waals surface area contributed by atoms with Gasteiger partial charge in [-0.25, -0.2) is 4.98 Å².